The molecule has 2 rings (SSSR count). The minimum Gasteiger partial charge on any atom is -0.485 e. The molecule has 0 fully saturated rings. The minimum absolute atomic E-state index is 0.0604. The van der Waals surface area contributed by atoms with Crippen molar-refractivity contribution >= 4 is 11.6 Å². The van der Waals surface area contributed by atoms with Crippen LogP contribution in [0.5, 0.6) is 5.75 Å². The Balaban J connectivity index is 1.99. The topological polar surface area (TPSA) is 48.2 Å². The van der Waals surface area contributed by atoms with Crippen LogP contribution < -0.4 is 4.74 Å². The van der Waals surface area contributed by atoms with Gasteiger partial charge in [-0.05, 0) is 12.1 Å². The highest BCUT2D eigenvalue weighted by Gasteiger charge is 2.06. The van der Waals surface area contributed by atoms with E-state index in [-0.39, 0.29) is 11.6 Å². The molecule has 2 aromatic rings. The van der Waals surface area contributed by atoms with Gasteiger partial charge in [-0.2, -0.15) is 4.98 Å². The van der Waals surface area contributed by atoms with Gasteiger partial charge >= 0.3 is 0 Å². The van der Waals surface area contributed by atoms with Gasteiger partial charge < -0.3 is 9.26 Å². The van der Waals surface area contributed by atoms with E-state index in [1.165, 1.54) is 12.1 Å². The Bertz CT molecular complexity index is 516. The predicted octanol–water partition coefficient (Wildman–Crippen LogP) is 3.00. The van der Waals surface area contributed by atoms with E-state index < -0.39 is 5.82 Å². The van der Waals surface area contributed by atoms with E-state index in [1.807, 2.05) is 6.92 Å². The zero-order valence-electron chi connectivity index (χ0n) is 9.11. The molecule has 1 heterocycles. The van der Waals surface area contributed by atoms with Gasteiger partial charge in [0, 0.05) is 12.5 Å². The molecule has 0 saturated carbocycles. The zero-order chi connectivity index (χ0) is 12.3. The largest absolute Gasteiger partial charge is 0.485 e. The molecule has 4 nitrogen and oxygen atoms in total. The number of rotatable bonds is 4. The van der Waals surface area contributed by atoms with Crippen molar-refractivity contribution in [2.75, 3.05) is 0 Å². The molecule has 0 bridgehead atoms. The van der Waals surface area contributed by atoms with E-state index >= 15 is 0 Å². The van der Waals surface area contributed by atoms with Crippen molar-refractivity contribution in [2.45, 2.75) is 20.0 Å². The fourth-order valence-electron chi connectivity index (χ4n) is 1.21. The Hall–Kier alpha value is -1.62. The second-order valence-electron chi connectivity index (χ2n) is 3.32. The van der Waals surface area contributed by atoms with E-state index in [0.29, 0.717) is 23.9 Å². The van der Waals surface area contributed by atoms with Crippen molar-refractivity contribution in [1.29, 1.82) is 0 Å². The second-order valence-corrected chi connectivity index (χ2v) is 3.73. The summed E-state index contributed by atoms with van der Waals surface area (Å²) in [5.41, 5.74) is 0. The molecule has 17 heavy (non-hydrogen) atoms. The minimum atomic E-state index is -0.522. The van der Waals surface area contributed by atoms with Crippen LogP contribution in [0.25, 0.3) is 0 Å². The van der Waals surface area contributed by atoms with Crippen LogP contribution in [0.4, 0.5) is 4.39 Å². The maximum Gasteiger partial charge on any atom is 0.226 e. The molecular weight excluding hydrogens is 247 g/mol. The summed E-state index contributed by atoms with van der Waals surface area (Å²) in [6.45, 7) is 2.04. The molecule has 0 amide bonds. The molecule has 0 aliphatic heterocycles. The van der Waals surface area contributed by atoms with Crippen LogP contribution in [0.2, 0.25) is 5.02 Å². The highest BCUT2D eigenvalue weighted by atomic mass is 35.5. The first-order valence-electron chi connectivity index (χ1n) is 5.08. The van der Waals surface area contributed by atoms with Gasteiger partial charge in [0.05, 0.1) is 5.02 Å². The van der Waals surface area contributed by atoms with Crippen LogP contribution in [0.1, 0.15) is 18.6 Å². The van der Waals surface area contributed by atoms with Crippen molar-refractivity contribution < 1.29 is 13.7 Å². The maximum absolute atomic E-state index is 13.1. The third kappa shape index (κ3) is 2.94. The van der Waals surface area contributed by atoms with E-state index in [0.717, 1.165) is 0 Å². The fourth-order valence-corrected chi connectivity index (χ4v) is 1.32. The molecule has 0 unspecified atom stereocenters. The van der Waals surface area contributed by atoms with Crippen LogP contribution in [-0.2, 0) is 13.0 Å². The lowest BCUT2D eigenvalue weighted by molar-refractivity contribution is 0.284. The van der Waals surface area contributed by atoms with Gasteiger partial charge in [0.25, 0.3) is 0 Å². The van der Waals surface area contributed by atoms with Gasteiger partial charge in [-0.3, -0.25) is 0 Å². The quantitative estimate of drug-likeness (QED) is 0.844. The summed E-state index contributed by atoms with van der Waals surface area (Å²) < 4.78 is 23.3. The summed E-state index contributed by atoms with van der Waals surface area (Å²) in [6.07, 6.45) is 0.669. The Morgan fingerprint density at radius 2 is 2.29 bits per heavy atom. The smallest absolute Gasteiger partial charge is 0.226 e. The van der Waals surface area contributed by atoms with Crippen LogP contribution in [-0.4, -0.2) is 10.1 Å². The normalized spacial score (nSPS) is 10.5. The lowest BCUT2D eigenvalue weighted by atomic mass is 10.3. The standard InChI is InChI=1S/C11H10ClFN2O2/c1-2-11-14-10(15-17-11)6-16-7-3-4-8(12)9(13)5-7/h3-5H,2,6H2,1H3. The highest BCUT2D eigenvalue weighted by Crippen LogP contribution is 2.20. The number of ether oxygens (including phenoxy) is 1. The molecule has 0 aliphatic rings. The average Bonchev–Trinajstić information content (AvgIpc) is 2.79. The third-order valence-corrected chi connectivity index (χ3v) is 2.38. The SMILES string of the molecule is CCc1nc(COc2ccc(Cl)c(F)c2)no1. The van der Waals surface area contributed by atoms with E-state index in [9.17, 15) is 4.39 Å². The van der Waals surface area contributed by atoms with Crippen molar-refractivity contribution in [3.63, 3.8) is 0 Å². The van der Waals surface area contributed by atoms with Gasteiger partial charge in [0.1, 0.15) is 11.6 Å². The van der Waals surface area contributed by atoms with Crippen molar-refractivity contribution in [3.8, 4) is 5.75 Å². The van der Waals surface area contributed by atoms with Gasteiger partial charge in [-0.1, -0.05) is 23.7 Å². The Morgan fingerprint density at radius 1 is 1.47 bits per heavy atom. The Labute approximate surface area is 102 Å². The molecule has 0 saturated heterocycles. The van der Waals surface area contributed by atoms with E-state index in [4.69, 9.17) is 20.9 Å². The van der Waals surface area contributed by atoms with Crippen molar-refractivity contribution in [1.82, 2.24) is 10.1 Å². The van der Waals surface area contributed by atoms with Crippen molar-refractivity contribution in [2.24, 2.45) is 0 Å². The number of hydrogen-bond donors (Lipinski definition) is 0. The van der Waals surface area contributed by atoms with Crippen LogP contribution in [0.3, 0.4) is 0 Å². The number of nitrogens with zero attached hydrogens (tertiary/aromatic N) is 2. The van der Waals surface area contributed by atoms with Gasteiger partial charge in [-0.25, -0.2) is 4.39 Å². The number of hydrogen-bond acceptors (Lipinski definition) is 4. The number of aromatic nitrogens is 2. The highest BCUT2D eigenvalue weighted by molar-refractivity contribution is 6.30. The Kier molecular flexibility index (Phi) is 3.58. The average molecular weight is 257 g/mol. The molecule has 0 spiro atoms. The number of aryl methyl sites for hydroxylation is 1. The van der Waals surface area contributed by atoms with Crippen LogP contribution >= 0.6 is 11.6 Å². The molecule has 0 N–H and O–H groups in total. The summed E-state index contributed by atoms with van der Waals surface area (Å²) in [5, 5.41) is 3.77. The number of benzene rings is 1. The zero-order valence-corrected chi connectivity index (χ0v) is 9.87. The summed E-state index contributed by atoms with van der Waals surface area (Å²) in [4.78, 5) is 4.06. The predicted molar refractivity (Wildman–Crippen MR) is 59.4 cm³/mol. The first kappa shape index (κ1) is 11.9. The van der Waals surface area contributed by atoms with Crippen molar-refractivity contribution in [3.05, 3.63) is 40.8 Å². The lowest BCUT2D eigenvalue weighted by Crippen LogP contribution is -1.98. The first-order valence-corrected chi connectivity index (χ1v) is 5.46. The maximum atomic E-state index is 13.1. The molecule has 1 aromatic carbocycles. The van der Waals surface area contributed by atoms with Gasteiger partial charge in [0.15, 0.2) is 6.61 Å². The summed E-state index contributed by atoms with van der Waals surface area (Å²) in [6, 6.07) is 4.22. The summed E-state index contributed by atoms with van der Waals surface area (Å²) >= 11 is 5.55. The number of halogens is 2. The summed E-state index contributed by atoms with van der Waals surface area (Å²) in [7, 11) is 0. The van der Waals surface area contributed by atoms with Crippen LogP contribution in [0.15, 0.2) is 22.7 Å². The first-order chi connectivity index (χ1) is 8.19. The molecule has 0 aliphatic carbocycles. The van der Waals surface area contributed by atoms with Gasteiger partial charge in [-0.15, -0.1) is 0 Å². The van der Waals surface area contributed by atoms with Crippen LogP contribution in [0, 0.1) is 5.82 Å². The van der Waals surface area contributed by atoms with Gasteiger partial charge in [0.2, 0.25) is 11.7 Å². The fraction of sp³-hybridized carbons (Fsp3) is 0.273. The molecule has 90 valence electrons. The Morgan fingerprint density at radius 3 is 2.94 bits per heavy atom. The molecule has 1 aromatic heterocycles. The molecule has 0 radical (unpaired) electrons. The monoisotopic (exact) mass is 256 g/mol. The lowest BCUT2D eigenvalue weighted by Gasteiger charge is -2.03. The third-order valence-electron chi connectivity index (χ3n) is 2.07. The molecule has 6 heteroatoms. The molecular formula is C11H10ClFN2O2. The summed E-state index contributed by atoms with van der Waals surface area (Å²) in [5.74, 6) is 0.823. The van der Waals surface area contributed by atoms with E-state index in [2.05, 4.69) is 10.1 Å². The van der Waals surface area contributed by atoms with E-state index in [1.54, 1.807) is 6.07 Å². The second kappa shape index (κ2) is 5.14. The molecule has 0 atom stereocenters.